The van der Waals surface area contributed by atoms with Crippen LogP contribution in [0.4, 0.5) is 4.79 Å². The molecule has 3 N–H and O–H groups in total. The zero-order valence-corrected chi connectivity index (χ0v) is 18.7. The highest BCUT2D eigenvalue weighted by molar-refractivity contribution is 5.86. The number of alkyl carbamates (subject to hydrolysis) is 1. The molecule has 4 aliphatic carbocycles. The summed E-state index contributed by atoms with van der Waals surface area (Å²) in [5.41, 5.74) is 0.397. The molecule has 166 valence electrons. The van der Waals surface area contributed by atoms with Gasteiger partial charge in [-0.05, 0) is 89.4 Å². The quantitative estimate of drug-likeness (QED) is 0.661. The molecule has 7 nitrogen and oxygen atoms in total. The molecule has 1 unspecified atom stereocenters. The number of carbonyl (C=O) groups is 2. The fourth-order valence-electron chi connectivity index (χ4n) is 6.45. The molecule has 4 bridgehead atoms. The third-order valence-corrected chi connectivity index (χ3v) is 7.35. The average Bonchev–Trinajstić information content (AvgIpc) is 3.11. The summed E-state index contributed by atoms with van der Waals surface area (Å²) in [5.74, 6) is 2.34. The zero-order chi connectivity index (χ0) is 21.5. The Bertz CT molecular complexity index is 733. The first-order chi connectivity index (χ1) is 14.1. The Morgan fingerprint density at radius 2 is 1.77 bits per heavy atom. The van der Waals surface area contributed by atoms with Gasteiger partial charge in [-0.2, -0.15) is 0 Å². The number of nitrogens with one attached hydrogen (secondary N) is 3. The van der Waals surface area contributed by atoms with E-state index in [4.69, 9.17) is 4.74 Å². The molecule has 0 saturated heterocycles. The minimum absolute atomic E-state index is 0.100. The van der Waals surface area contributed by atoms with Crippen LogP contribution in [0.3, 0.4) is 0 Å². The van der Waals surface area contributed by atoms with E-state index in [-0.39, 0.29) is 17.4 Å². The summed E-state index contributed by atoms with van der Waals surface area (Å²) in [4.78, 5) is 32.7. The summed E-state index contributed by atoms with van der Waals surface area (Å²) in [6, 6.07) is -0.611. The van der Waals surface area contributed by atoms with Crippen LogP contribution in [0.5, 0.6) is 0 Å². The van der Waals surface area contributed by atoms with Crippen molar-refractivity contribution in [2.24, 2.45) is 23.2 Å². The smallest absolute Gasteiger partial charge is 0.408 e. The van der Waals surface area contributed by atoms with Crippen LogP contribution in [-0.2, 0) is 16.0 Å². The first kappa shape index (κ1) is 21.2. The number of nitrogens with zero attached hydrogens (tertiary/aromatic N) is 1. The van der Waals surface area contributed by atoms with E-state index in [1.807, 2.05) is 20.8 Å². The second-order valence-corrected chi connectivity index (χ2v) is 11.0. The van der Waals surface area contributed by atoms with Gasteiger partial charge in [0.05, 0.1) is 6.33 Å². The molecule has 1 aromatic heterocycles. The van der Waals surface area contributed by atoms with Crippen molar-refractivity contribution in [3.63, 3.8) is 0 Å². The molecule has 0 aliphatic heterocycles. The zero-order valence-electron chi connectivity index (χ0n) is 18.7. The number of hydrogen-bond acceptors (Lipinski definition) is 4. The molecule has 2 amide bonds. The Labute approximate surface area is 179 Å². The molecule has 0 aromatic carbocycles. The normalized spacial score (nSPS) is 31.8. The van der Waals surface area contributed by atoms with Gasteiger partial charge < -0.3 is 20.4 Å². The third-order valence-electron chi connectivity index (χ3n) is 7.35. The van der Waals surface area contributed by atoms with Crippen molar-refractivity contribution in [3.05, 3.63) is 18.2 Å². The van der Waals surface area contributed by atoms with Gasteiger partial charge in [-0.15, -0.1) is 0 Å². The fourth-order valence-corrected chi connectivity index (χ4v) is 6.45. The summed E-state index contributed by atoms with van der Waals surface area (Å²) in [5, 5.41) is 6.04. The van der Waals surface area contributed by atoms with Crippen molar-refractivity contribution in [1.82, 2.24) is 20.6 Å². The molecule has 0 radical (unpaired) electrons. The van der Waals surface area contributed by atoms with Crippen molar-refractivity contribution in [2.75, 3.05) is 0 Å². The van der Waals surface area contributed by atoms with E-state index in [1.54, 1.807) is 12.5 Å². The summed E-state index contributed by atoms with van der Waals surface area (Å²) in [6.07, 6.45) is 10.8. The minimum atomic E-state index is -0.711. The Hall–Kier alpha value is -2.05. The first-order valence-electron chi connectivity index (χ1n) is 11.4. The van der Waals surface area contributed by atoms with Gasteiger partial charge in [0, 0.05) is 24.4 Å². The first-order valence-corrected chi connectivity index (χ1v) is 11.4. The highest BCUT2D eigenvalue weighted by atomic mass is 16.6. The molecule has 30 heavy (non-hydrogen) atoms. The van der Waals surface area contributed by atoms with E-state index in [2.05, 4.69) is 27.5 Å². The van der Waals surface area contributed by atoms with Crippen molar-refractivity contribution in [1.29, 1.82) is 0 Å². The predicted molar refractivity (Wildman–Crippen MR) is 114 cm³/mol. The van der Waals surface area contributed by atoms with Crippen LogP contribution in [-0.4, -0.2) is 39.7 Å². The molecular formula is C23H36N4O3. The standard InChI is InChI=1S/C23H36N4O3/c1-14(23-9-15-5-16(10-23)7-17(6-15)11-23)26-20(28)19(8-18-12-24-13-25-18)27-21(29)30-22(2,3)4/h12-17,19H,5-11H2,1-4H3,(H,24,25)(H,26,28)(H,27,29)/t14?,15?,16?,17?,19-,23?/m0/s1. The Balaban J connectivity index is 1.43. The van der Waals surface area contributed by atoms with E-state index in [1.165, 1.54) is 38.5 Å². The molecular weight excluding hydrogens is 380 g/mol. The molecule has 5 rings (SSSR count). The molecule has 7 heteroatoms. The molecule has 1 aromatic rings. The Morgan fingerprint density at radius 3 is 2.27 bits per heavy atom. The van der Waals surface area contributed by atoms with Gasteiger partial charge in [-0.25, -0.2) is 9.78 Å². The summed E-state index contributed by atoms with van der Waals surface area (Å²) < 4.78 is 5.39. The van der Waals surface area contributed by atoms with E-state index in [9.17, 15) is 9.59 Å². The third kappa shape index (κ3) is 4.65. The number of hydrogen-bond donors (Lipinski definition) is 3. The summed E-state index contributed by atoms with van der Waals surface area (Å²) >= 11 is 0. The second-order valence-electron chi connectivity index (χ2n) is 11.0. The molecule has 4 saturated carbocycles. The van der Waals surface area contributed by atoms with Crippen molar-refractivity contribution < 1.29 is 14.3 Å². The van der Waals surface area contributed by atoms with Crippen LogP contribution in [0.2, 0.25) is 0 Å². The number of amides is 2. The minimum Gasteiger partial charge on any atom is -0.444 e. The Morgan fingerprint density at radius 1 is 1.17 bits per heavy atom. The van der Waals surface area contributed by atoms with Crippen LogP contribution in [0.1, 0.15) is 71.9 Å². The fraction of sp³-hybridized carbons (Fsp3) is 0.783. The predicted octanol–water partition coefficient (Wildman–Crippen LogP) is 3.57. The lowest BCUT2D eigenvalue weighted by Crippen LogP contribution is -2.58. The van der Waals surface area contributed by atoms with Gasteiger partial charge in [-0.1, -0.05) is 0 Å². The topological polar surface area (TPSA) is 96.1 Å². The maximum absolute atomic E-state index is 13.3. The van der Waals surface area contributed by atoms with Crippen LogP contribution in [0.15, 0.2) is 12.5 Å². The maximum Gasteiger partial charge on any atom is 0.408 e. The van der Waals surface area contributed by atoms with E-state index in [0.29, 0.717) is 6.42 Å². The highest BCUT2D eigenvalue weighted by Crippen LogP contribution is 2.61. The second kappa shape index (κ2) is 7.89. The van der Waals surface area contributed by atoms with E-state index >= 15 is 0 Å². The van der Waals surface area contributed by atoms with E-state index in [0.717, 1.165) is 23.4 Å². The SMILES string of the molecule is CC(NC(=O)[C@H](Cc1cnc[nH]1)NC(=O)OC(C)(C)C)C12CC3CC(CC(C3)C1)C2. The lowest BCUT2D eigenvalue weighted by atomic mass is 9.48. The number of ether oxygens (including phenoxy) is 1. The van der Waals surface area contributed by atoms with Crippen molar-refractivity contribution in [2.45, 2.75) is 90.3 Å². The van der Waals surface area contributed by atoms with Gasteiger partial charge in [0.1, 0.15) is 11.6 Å². The maximum atomic E-state index is 13.3. The van der Waals surface area contributed by atoms with Crippen molar-refractivity contribution >= 4 is 12.0 Å². The summed E-state index contributed by atoms with van der Waals surface area (Å²) in [7, 11) is 0. The number of aromatic nitrogens is 2. The van der Waals surface area contributed by atoms with Gasteiger partial charge in [0.2, 0.25) is 5.91 Å². The number of imidazole rings is 1. The van der Waals surface area contributed by atoms with Crippen LogP contribution in [0.25, 0.3) is 0 Å². The molecule has 0 spiro atoms. The van der Waals surface area contributed by atoms with Crippen LogP contribution >= 0.6 is 0 Å². The van der Waals surface area contributed by atoms with Crippen LogP contribution in [0, 0.1) is 23.2 Å². The molecule has 4 fully saturated rings. The molecule has 1 heterocycles. The number of aromatic amines is 1. The van der Waals surface area contributed by atoms with Gasteiger partial charge in [0.15, 0.2) is 0 Å². The largest absolute Gasteiger partial charge is 0.444 e. The number of rotatable bonds is 6. The molecule has 4 aliphatic rings. The van der Waals surface area contributed by atoms with Crippen LogP contribution < -0.4 is 10.6 Å². The average molecular weight is 417 g/mol. The monoisotopic (exact) mass is 416 g/mol. The number of H-pyrrole nitrogens is 1. The van der Waals surface area contributed by atoms with Gasteiger partial charge in [-0.3, -0.25) is 4.79 Å². The van der Waals surface area contributed by atoms with E-state index < -0.39 is 17.7 Å². The van der Waals surface area contributed by atoms with Gasteiger partial charge in [0.25, 0.3) is 0 Å². The summed E-state index contributed by atoms with van der Waals surface area (Å²) in [6.45, 7) is 7.59. The number of carbonyl (C=O) groups excluding carboxylic acids is 2. The van der Waals surface area contributed by atoms with Crippen molar-refractivity contribution in [3.8, 4) is 0 Å². The Kier molecular flexibility index (Phi) is 5.58. The lowest BCUT2D eigenvalue weighted by Gasteiger charge is -2.59. The lowest BCUT2D eigenvalue weighted by molar-refractivity contribution is -0.128. The van der Waals surface area contributed by atoms with Gasteiger partial charge >= 0.3 is 6.09 Å². The molecule has 2 atom stereocenters. The highest BCUT2D eigenvalue weighted by Gasteiger charge is 2.53.